The highest BCUT2D eigenvalue weighted by Gasteiger charge is 2.30. The molecule has 0 saturated carbocycles. The lowest BCUT2D eigenvalue weighted by molar-refractivity contribution is 0.101. The fourth-order valence-electron chi connectivity index (χ4n) is 3.60. The van der Waals surface area contributed by atoms with Gasteiger partial charge in [0.15, 0.2) is 0 Å². The zero-order valence-electron chi connectivity index (χ0n) is 12.8. The third kappa shape index (κ3) is 3.59. The highest BCUT2D eigenvalue weighted by atomic mass is 19.1. The molecule has 2 atom stereocenters. The molecule has 0 spiro atoms. The predicted molar refractivity (Wildman–Crippen MR) is 81.6 cm³/mol. The van der Waals surface area contributed by atoms with Crippen LogP contribution in [0.1, 0.15) is 31.0 Å². The molecule has 116 valence electrons. The molecule has 1 aromatic heterocycles. The van der Waals surface area contributed by atoms with Crippen molar-refractivity contribution < 1.29 is 4.39 Å². The fraction of sp³-hybridized carbons (Fsp3) is 0.688. The molecular formula is C16H25FN4. The van der Waals surface area contributed by atoms with Crippen LogP contribution in [-0.2, 0) is 0 Å². The summed E-state index contributed by atoms with van der Waals surface area (Å²) in [4.78, 5) is 9.40. The van der Waals surface area contributed by atoms with E-state index in [1.165, 1.54) is 51.3 Å². The molecule has 0 bridgehead atoms. The maximum atomic E-state index is 13.0. The molecule has 2 fully saturated rings. The molecule has 5 heteroatoms. The van der Waals surface area contributed by atoms with Crippen molar-refractivity contribution in [3.05, 3.63) is 29.8 Å². The van der Waals surface area contributed by atoms with E-state index in [0.717, 1.165) is 24.7 Å². The van der Waals surface area contributed by atoms with Gasteiger partial charge in [0.1, 0.15) is 5.82 Å². The smallest absolute Gasteiger partial charge is 0.141 e. The van der Waals surface area contributed by atoms with Crippen molar-refractivity contribution in [3.63, 3.8) is 0 Å². The minimum absolute atomic E-state index is 0.201. The Kier molecular flexibility index (Phi) is 4.83. The van der Waals surface area contributed by atoms with Crippen LogP contribution in [0.25, 0.3) is 0 Å². The summed E-state index contributed by atoms with van der Waals surface area (Å²) in [5, 5.41) is 3.30. The van der Waals surface area contributed by atoms with Crippen LogP contribution in [0.5, 0.6) is 0 Å². The minimum Gasteiger partial charge on any atom is -0.312 e. The number of hydrogen-bond acceptors (Lipinski definition) is 4. The number of fused-ring (bicyclic) bond motifs is 1. The highest BCUT2D eigenvalue weighted by Crippen LogP contribution is 2.22. The summed E-state index contributed by atoms with van der Waals surface area (Å²) >= 11 is 0. The Morgan fingerprint density at radius 2 is 2.29 bits per heavy atom. The van der Waals surface area contributed by atoms with Crippen molar-refractivity contribution in [1.82, 2.24) is 20.1 Å². The van der Waals surface area contributed by atoms with Gasteiger partial charge >= 0.3 is 0 Å². The molecule has 2 unspecified atom stereocenters. The Balaban J connectivity index is 1.52. The number of halogens is 1. The van der Waals surface area contributed by atoms with Crippen molar-refractivity contribution in [2.45, 2.75) is 31.3 Å². The first-order valence-corrected chi connectivity index (χ1v) is 8.01. The Morgan fingerprint density at radius 3 is 3.05 bits per heavy atom. The van der Waals surface area contributed by atoms with Crippen molar-refractivity contribution in [2.75, 3.05) is 39.8 Å². The number of pyridine rings is 1. The maximum Gasteiger partial charge on any atom is 0.141 e. The zero-order valence-corrected chi connectivity index (χ0v) is 12.8. The van der Waals surface area contributed by atoms with Gasteiger partial charge < -0.3 is 10.2 Å². The first kappa shape index (κ1) is 14.9. The lowest BCUT2D eigenvalue weighted by Gasteiger charge is -2.38. The lowest BCUT2D eigenvalue weighted by atomic mass is 10.1. The summed E-state index contributed by atoms with van der Waals surface area (Å²) in [6.07, 6.45) is 5.03. The van der Waals surface area contributed by atoms with Gasteiger partial charge in [-0.2, -0.15) is 0 Å². The van der Waals surface area contributed by atoms with Crippen LogP contribution in [0.3, 0.4) is 0 Å². The summed E-state index contributed by atoms with van der Waals surface area (Å²) in [6.45, 7) is 5.95. The molecule has 2 aliphatic rings. The SMILES string of the molecule is CNC(CCN1CCN2CCCC2C1)c1ccc(F)cn1. The summed E-state index contributed by atoms with van der Waals surface area (Å²) in [5.41, 5.74) is 0.929. The van der Waals surface area contributed by atoms with Crippen LogP contribution in [0.2, 0.25) is 0 Å². The molecule has 1 aromatic rings. The van der Waals surface area contributed by atoms with Crippen molar-refractivity contribution in [2.24, 2.45) is 0 Å². The van der Waals surface area contributed by atoms with E-state index in [4.69, 9.17) is 0 Å². The van der Waals surface area contributed by atoms with E-state index in [1.54, 1.807) is 6.07 Å². The van der Waals surface area contributed by atoms with E-state index in [-0.39, 0.29) is 11.9 Å². The Hall–Kier alpha value is -1.04. The normalized spacial score (nSPS) is 25.0. The number of nitrogens with one attached hydrogen (secondary N) is 1. The largest absolute Gasteiger partial charge is 0.312 e. The van der Waals surface area contributed by atoms with Gasteiger partial charge in [0.2, 0.25) is 0 Å². The van der Waals surface area contributed by atoms with Gasteiger partial charge in [-0.1, -0.05) is 0 Å². The Labute approximate surface area is 126 Å². The van der Waals surface area contributed by atoms with Crippen LogP contribution < -0.4 is 5.32 Å². The molecule has 3 rings (SSSR count). The van der Waals surface area contributed by atoms with Gasteiger partial charge in [0.05, 0.1) is 17.9 Å². The third-order valence-corrected chi connectivity index (χ3v) is 4.86. The molecule has 0 aliphatic carbocycles. The summed E-state index contributed by atoms with van der Waals surface area (Å²) in [5.74, 6) is -0.272. The molecular weight excluding hydrogens is 267 g/mol. The quantitative estimate of drug-likeness (QED) is 0.894. The summed E-state index contributed by atoms with van der Waals surface area (Å²) in [7, 11) is 1.95. The second-order valence-electron chi connectivity index (χ2n) is 6.16. The van der Waals surface area contributed by atoms with E-state index < -0.39 is 0 Å². The topological polar surface area (TPSA) is 31.4 Å². The summed E-state index contributed by atoms with van der Waals surface area (Å²) < 4.78 is 13.0. The minimum atomic E-state index is -0.272. The number of nitrogens with zero attached hydrogens (tertiary/aromatic N) is 3. The fourth-order valence-corrected chi connectivity index (χ4v) is 3.60. The van der Waals surface area contributed by atoms with Crippen LogP contribution in [0.4, 0.5) is 4.39 Å². The van der Waals surface area contributed by atoms with Crippen LogP contribution >= 0.6 is 0 Å². The van der Waals surface area contributed by atoms with E-state index in [1.807, 2.05) is 7.05 Å². The number of aromatic nitrogens is 1. The third-order valence-electron chi connectivity index (χ3n) is 4.86. The van der Waals surface area contributed by atoms with E-state index in [0.29, 0.717) is 0 Å². The standard InChI is InChI=1S/C16H25FN4/c1-18-15(16-5-4-13(17)11-19-16)6-8-20-9-10-21-7-2-3-14(21)12-20/h4-5,11,14-15,18H,2-3,6-10,12H2,1H3. The molecule has 2 saturated heterocycles. The van der Waals surface area contributed by atoms with Gasteiger partial charge in [-0.25, -0.2) is 4.39 Å². The molecule has 1 N–H and O–H groups in total. The molecule has 0 aromatic carbocycles. The molecule has 3 heterocycles. The van der Waals surface area contributed by atoms with Crippen molar-refractivity contribution in [1.29, 1.82) is 0 Å². The Morgan fingerprint density at radius 1 is 1.38 bits per heavy atom. The van der Waals surface area contributed by atoms with E-state index in [2.05, 4.69) is 20.1 Å². The van der Waals surface area contributed by atoms with E-state index >= 15 is 0 Å². The number of rotatable bonds is 5. The predicted octanol–water partition coefficient (Wildman–Crippen LogP) is 1.65. The molecule has 2 aliphatic heterocycles. The second kappa shape index (κ2) is 6.81. The van der Waals surface area contributed by atoms with Gasteiger partial charge in [-0.15, -0.1) is 0 Å². The first-order chi connectivity index (χ1) is 10.3. The van der Waals surface area contributed by atoms with Gasteiger partial charge in [-0.3, -0.25) is 9.88 Å². The first-order valence-electron chi connectivity index (χ1n) is 8.01. The van der Waals surface area contributed by atoms with Gasteiger partial charge in [-0.05, 0) is 45.0 Å². The van der Waals surface area contributed by atoms with Crippen molar-refractivity contribution >= 4 is 0 Å². The molecule has 21 heavy (non-hydrogen) atoms. The highest BCUT2D eigenvalue weighted by molar-refractivity contribution is 5.09. The number of hydrogen-bond donors (Lipinski definition) is 1. The van der Waals surface area contributed by atoms with Gasteiger partial charge in [0.25, 0.3) is 0 Å². The van der Waals surface area contributed by atoms with Crippen LogP contribution in [0.15, 0.2) is 18.3 Å². The number of piperazine rings is 1. The zero-order chi connectivity index (χ0) is 14.7. The lowest BCUT2D eigenvalue weighted by Crippen LogP contribution is -2.50. The molecule has 0 radical (unpaired) electrons. The van der Waals surface area contributed by atoms with Crippen LogP contribution in [-0.4, -0.2) is 60.6 Å². The molecule has 4 nitrogen and oxygen atoms in total. The average molecular weight is 292 g/mol. The summed E-state index contributed by atoms with van der Waals surface area (Å²) in [6, 6.07) is 4.25. The van der Waals surface area contributed by atoms with Crippen LogP contribution in [0, 0.1) is 5.82 Å². The van der Waals surface area contributed by atoms with Gasteiger partial charge in [0, 0.05) is 32.2 Å². The average Bonchev–Trinajstić information content (AvgIpc) is 2.97. The second-order valence-corrected chi connectivity index (χ2v) is 6.16. The Bertz CT molecular complexity index is 450. The monoisotopic (exact) mass is 292 g/mol. The van der Waals surface area contributed by atoms with Crippen molar-refractivity contribution in [3.8, 4) is 0 Å². The maximum absolute atomic E-state index is 13.0. The molecule has 0 amide bonds. The van der Waals surface area contributed by atoms with E-state index in [9.17, 15) is 4.39 Å².